The summed E-state index contributed by atoms with van der Waals surface area (Å²) in [4.78, 5) is 12.2. The van der Waals surface area contributed by atoms with Crippen molar-refractivity contribution in [3.05, 3.63) is 62.5 Å². The molecule has 0 spiro atoms. The molecule has 1 amide bonds. The van der Waals surface area contributed by atoms with Crippen molar-refractivity contribution in [1.82, 2.24) is 0 Å². The van der Waals surface area contributed by atoms with Gasteiger partial charge in [-0.1, -0.05) is 64.8 Å². The van der Waals surface area contributed by atoms with E-state index < -0.39 is 0 Å². The van der Waals surface area contributed by atoms with E-state index in [4.69, 9.17) is 0 Å². The summed E-state index contributed by atoms with van der Waals surface area (Å²) in [5.41, 5.74) is 2.75. The second-order valence-electron chi connectivity index (χ2n) is 5.94. The Labute approximate surface area is 142 Å². The lowest BCUT2D eigenvalue weighted by Crippen LogP contribution is -2.13. The number of halogens is 2. The van der Waals surface area contributed by atoms with Crippen LogP contribution in [-0.4, -0.2) is 5.91 Å². The molecule has 1 N–H and O–H groups in total. The smallest absolute Gasteiger partial charge is 0.255 e. The molecule has 0 unspecified atom stereocenters. The summed E-state index contributed by atoms with van der Waals surface area (Å²) in [6.45, 7) is 6.50. The first kappa shape index (κ1) is 16.2. The van der Waals surface area contributed by atoms with Crippen molar-refractivity contribution < 1.29 is 4.79 Å². The zero-order chi connectivity index (χ0) is 15.6. The second-order valence-corrected chi connectivity index (χ2v) is 7.77. The van der Waals surface area contributed by atoms with Crippen LogP contribution in [0.15, 0.2) is 51.4 Å². The molecule has 2 aromatic rings. The number of hydrogen-bond donors (Lipinski definition) is 1. The normalized spacial score (nSPS) is 11.3. The molecule has 0 bridgehead atoms. The van der Waals surface area contributed by atoms with Gasteiger partial charge in [-0.15, -0.1) is 0 Å². The van der Waals surface area contributed by atoms with Crippen LogP contribution in [0.25, 0.3) is 0 Å². The Morgan fingerprint density at radius 3 is 1.95 bits per heavy atom. The molecule has 0 saturated heterocycles. The summed E-state index contributed by atoms with van der Waals surface area (Å²) >= 11 is 6.78. The first-order valence-electron chi connectivity index (χ1n) is 6.64. The maximum Gasteiger partial charge on any atom is 0.255 e. The Bertz CT molecular complexity index is 637. The van der Waals surface area contributed by atoms with Gasteiger partial charge in [0.2, 0.25) is 0 Å². The van der Waals surface area contributed by atoms with Crippen molar-refractivity contribution >= 4 is 43.5 Å². The molecule has 0 aromatic heterocycles. The molecular weight excluding hydrogens is 394 g/mol. The van der Waals surface area contributed by atoms with Gasteiger partial charge in [0.1, 0.15) is 0 Å². The standard InChI is InChI=1S/C17H17Br2NO/c1-17(2,3)12-4-6-15(7-5-12)20-16(21)11-8-13(18)10-14(19)9-11/h4-10H,1-3H3,(H,20,21). The molecule has 2 rings (SSSR count). The molecule has 0 heterocycles. The van der Waals surface area contributed by atoms with E-state index in [1.807, 2.05) is 30.3 Å². The van der Waals surface area contributed by atoms with Crippen molar-refractivity contribution in [3.63, 3.8) is 0 Å². The van der Waals surface area contributed by atoms with Gasteiger partial charge in [-0.05, 0) is 41.3 Å². The van der Waals surface area contributed by atoms with E-state index in [1.54, 1.807) is 12.1 Å². The monoisotopic (exact) mass is 409 g/mol. The van der Waals surface area contributed by atoms with Crippen molar-refractivity contribution in [2.45, 2.75) is 26.2 Å². The number of amides is 1. The van der Waals surface area contributed by atoms with E-state index in [0.717, 1.165) is 14.6 Å². The van der Waals surface area contributed by atoms with Gasteiger partial charge in [0.15, 0.2) is 0 Å². The van der Waals surface area contributed by atoms with Crippen LogP contribution in [0.4, 0.5) is 5.69 Å². The molecule has 0 fully saturated rings. The van der Waals surface area contributed by atoms with E-state index >= 15 is 0 Å². The van der Waals surface area contributed by atoms with Crippen molar-refractivity contribution in [1.29, 1.82) is 0 Å². The van der Waals surface area contributed by atoms with Gasteiger partial charge in [0.25, 0.3) is 5.91 Å². The third kappa shape index (κ3) is 4.42. The third-order valence-electron chi connectivity index (χ3n) is 3.13. The minimum atomic E-state index is -0.125. The number of hydrogen-bond acceptors (Lipinski definition) is 1. The zero-order valence-electron chi connectivity index (χ0n) is 12.2. The van der Waals surface area contributed by atoms with Gasteiger partial charge >= 0.3 is 0 Å². The fourth-order valence-corrected chi connectivity index (χ4v) is 3.24. The molecule has 0 radical (unpaired) electrons. The van der Waals surface area contributed by atoms with Crippen LogP contribution in [0, 0.1) is 0 Å². The van der Waals surface area contributed by atoms with Gasteiger partial charge in [0, 0.05) is 20.2 Å². The summed E-state index contributed by atoms with van der Waals surface area (Å²) in [6.07, 6.45) is 0. The van der Waals surface area contributed by atoms with Crippen LogP contribution in [0.2, 0.25) is 0 Å². The van der Waals surface area contributed by atoms with Crippen LogP contribution < -0.4 is 5.32 Å². The van der Waals surface area contributed by atoms with Crippen LogP contribution in [0.5, 0.6) is 0 Å². The second kappa shape index (κ2) is 6.32. The number of nitrogens with one attached hydrogen (secondary N) is 1. The molecular formula is C17H17Br2NO. The topological polar surface area (TPSA) is 29.1 Å². The predicted molar refractivity (Wildman–Crippen MR) is 94.9 cm³/mol. The molecule has 0 aliphatic heterocycles. The summed E-state index contributed by atoms with van der Waals surface area (Å²) in [6, 6.07) is 13.5. The Hall–Kier alpha value is -1.13. The molecule has 110 valence electrons. The number of benzene rings is 2. The highest BCUT2D eigenvalue weighted by Crippen LogP contribution is 2.24. The Morgan fingerprint density at radius 1 is 0.952 bits per heavy atom. The SMILES string of the molecule is CC(C)(C)c1ccc(NC(=O)c2cc(Br)cc(Br)c2)cc1. The molecule has 4 heteroatoms. The van der Waals surface area contributed by atoms with Gasteiger partial charge in [-0.25, -0.2) is 0 Å². The lowest BCUT2D eigenvalue weighted by atomic mass is 9.87. The lowest BCUT2D eigenvalue weighted by Gasteiger charge is -2.19. The maximum absolute atomic E-state index is 12.2. The summed E-state index contributed by atoms with van der Waals surface area (Å²) in [5.74, 6) is -0.125. The van der Waals surface area contributed by atoms with Gasteiger partial charge < -0.3 is 5.32 Å². The summed E-state index contributed by atoms with van der Waals surface area (Å²) in [7, 11) is 0. The molecule has 2 nitrogen and oxygen atoms in total. The van der Waals surface area contributed by atoms with Crippen molar-refractivity contribution in [2.75, 3.05) is 5.32 Å². The summed E-state index contributed by atoms with van der Waals surface area (Å²) < 4.78 is 1.73. The minimum Gasteiger partial charge on any atom is -0.322 e. The van der Waals surface area contributed by atoms with Gasteiger partial charge in [-0.2, -0.15) is 0 Å². The van der Waals surface area contributed by atoms with Gasteiger partial charge in [-0.3, -0.25) is 4.79 Å². The highest BCUT2D eigenvalue weighted by Gasteiger charge is 2.13. The Morgan fingerprint density at radius 2 is 1.48 bits per heavy atom. The van der Waals surface area contributed by atoms with Crippen LogP contribution >= 0.6 is 31.9 Å². The highest BCUT2D eigenvalue weighted by atomic mass is 79.9. The number of anilines is 1. The molecule has 0 atom stereocenters. The van der Waals surface area contributed by atoms with Crippen LogP contribution in [0.3, 0.4) is 0 Å². The van der Waals surface area contributed by atoms with Gasteiger partial charge in [0.05, 0.1) is 0 Å². The fraction of sp³-hybridized carbons (Fsp3) is 0.235. The molecule has 0 aliphatic carbocycles. The van der Waals surface area contributed by atoms with E-state index in [0.29, 0.717) is 5.56 Å². The van der Waals surface area contributed by atoms with Crippen LogP contribution in [-0.2, 0) is 5.41 Å². The van der Waals surface area contributed by atoms with E-state index in [2.05, 4.69) is 57.9 Å². The zero-order valence-corrected chi connectivity index (χ0v) is 15.4. The lowest BCUT2D eigenvalue weighted by molar-refractivity contribution is 0.102. The number of carbonyl (C=O) groups excluding carboxylic acids is 1. The van der Waals surface area contributed by atoms with Crippen molar-refractivity contribution in [2.24, 2.45) is 0 Å². The molecule has 0 aliphatic rings. The minimum absolute atomic E-state index is 0.109. The number of rotatable bonds is 2. The first-order valence-corrected chi connectivity index (χ1v) is 8.22. The third-order valence-corrected chi connectivity index (χ3v) is 4.05. The Kier molecular flexibility index (Phi) is 4.89. The largest absolute Gasteiger partial charge is 0.322 e. The highest BCUT2D eigenvalue weighted by molar-refractivity contribution is 9.11. The quantitative estimate of drug-likeness (QED) is 0.669. The van der Waals surface area contributed by atoms with E-state index in [9.17, 15) is 4.79 Å². The summed E-state index contributed by atoms with van der Waals surface area (Å²) in [5, 5.41) is 2.91. The molecule has 21 heavy (non-hydrogen) atoms. The maximum atomic E-state index is 12.2. The van der Waals surface area contributed by atoms with Crippen molar-refractivity contribution in [3.8, 4) is 0 Å². The van der Waals surface area contributed by atoms with Crippen LogP contribution in [0.1, 0.15) is 36.7 Å². The average molecular weight is 411 g/mol. The first-order chi connectivity index (χ1) is 9.75. The average Bonchev–Trinajstić information content (AvgIpc) is 2.37. The van der Waals surface area contributed by atoms with E-state index in [1.165, 1.54) is 5.56 Å². The molecule has 2 aromatic carbocycles. The fourth-order valence-electron chi connectivity index (χ4n) is 1.94. The Balaban J connectivity index is 2.16. The molecule has 0 saturated carbocycles. The number of carbonyl (C=O) groups is 1. The van der Waals surface area contributed by atoms with E-state index in [-0.39, 0.29) is 11.3 Å². The predicted octanol–water partition coefficient (Wildman–Crippen LogP) is 5.76.